The molecule has 0 aromatic rings. The molecule has 1 amide bonds. The van der Waals surface area contributed by atoms with Crippen LogP contribution in [0.25, 0.3) is 0 Å². The van der Waals surface area contributed by atoms with Gasteiger partial charge in [-0.1, -0.05) is 0 Å². The van der Waals surface area contributed by atoms with Gasteiger partial charge in [0.2, 0.25) is 11.9 Å². The molecule has 5 N–H and O–H groups in total. The molecule has 11 heavy (non-hydrogen) atoms. The van der Waals surface area contributed by atoms with Crippen LogP contribution in [0.2, 0.25) is 0 Å². The smallest absolute Gasteiger partial charge is 0.243 e. The number of nitrogens with two attached hydrogens (primary N) is 2. The molecule has 0 spiro atoms. The number of guanidine groups is 1. The average Bonchev–Trinajstić information content (AvgIpc) is 1.85. The zero-order valence-corrected chi connectivity index (χ0v) is 5.61. The van der Waals surface area contributed by atoms with Gasteiger partial charge in [0.15, 0.2) is 0 Å². The lowest BCUT2D eigenvalue weighted by molar-refractivity contribution is -0.118. The van der Waals surface area contributed by atoms with Crippen molar-refractivity contribution >= 4 is 23.9 Å². The van der Waals surface area contributed by atoms with Crippen LogP contribution in [0, 0.1) is 11.3 Å². The molecule has 0 saturated carbocycles. The number of hydrogen-bond acceptors (Lipinski definition) is 3. The first-order valence-electron chi connectivity index (χ1n) is 2.87. The van der Waals surface area contributed by atoms with E-state index >= 15 is 0 Å². The lowest BCUT2D eigenvalue weighted by Crippen LogP contribution is -2.38. The van der Waals surface area contributed by atoms with Gasteiger partial charge in [-0.05, 0) is 0 Å². The molecule has 1 aliphatic rings. The molecular weight excluding hydrogens is 146 g/mol. The minimum Gasteiger partial charge on any atom is -0.386 e. The predicted molar refractivity (Wildman–Crippen MR) is 40.5 cm³/mol. The fourth-order valence-corrected chi connectivity index (χ4v) is 0.661. The maximum absolute atomic E-state index is 10.6. The number of amides is 1. The maximum Gasteiger partial charge on any atom is 0.243 e. The van der Waals surface area contributed by atoms with Crippen molar-refractivity contribution in [3.05, 3.63) is 0 Å². The monoisotopic (exact) mass is 153 g/mol. The van der Waals surface area contributed by atoms with Crippen molar-refractivity contribution in [1.82, 2.24) is 0 Å². The number of carbonyl (C=O) groups excluding carboxylic acids is 1. The summed E-state index contributed by atoms with van der Waals surface area (Å²) in [7, 11) is 0. The maximum atomic E-state index is 10.6. The number of rotatable bonds is 1. The first kappa shape index (κ1) is 7.39. The number of nitrogens with zero attached hydrogens (tertiary/aromatic N) is 2. The van der Waals surface area contributed by atoms with Crippen molar-refractivity contribution in [3.8, 4) is 0 Å². The van der Waals surface area contributed by atoms with E-state index in [2.05, 4.69) is 9.98 Å². The van der Waals surface area contributed by atoms with E-state index in [1.807, 2.05) is 0 Å². The van der Waals surface area contributed by atoms with Gasteiger partial charge in [0, 0.05) is 6.21 Å². The molecular formula is C5H7N5O. The largest absolute Gasteiger partial charge is 0.386 e. The van der Waals surface area contributed by atoms with Crippen LogP contribution in [0.5, 0.6) is 0 Å². The van der Waals surface area contributed by atoms with Crippen LogP contribution in [0.3, 0.4) is 0 Å². The van der Waals surface area contributed by atoms with Gasteiger partial charge in [-0.3, -0.25) is 10.2 Å². The second-order valence-corrected chi connectivity index (χ2v) is 2.02. The Hall–Kier alpha value is -1.72. The van der Waals surface area contributed by atoms with Gasteiger partial charge in [-0.2, -0.15) is 4.99 Å². The van der Waals surface area contributed by atoms with E-state index in [0.29, 0.717) is 0 Å². The van der Waals surface area contributed by atoms with Crippen LogP contribution in [0.1, 0.15) is 0 Å². The van der Waals surface area contributed by atoms with E-state index in [0.717, 1.165) is 0 Å². The summed E-state index contributed by atoms with van der Waals surface area (Å²) in [4.78, 5) is 17.5. The molecule has 0 bridgehead atoms. The van der Waals surface area contributed by atoms with Crippen LogP contribution >= 0.6 is 0 Å². The summed E-state index contributed by atoms with van der Waals surface area (Å²) in [5.74, 6) is -1.55. The van der Waals surface area contributed by atoms with Crippen molar-refractivity contribution in [3.63, 3.8) is 0 Å². The zero-order valence-electron chi connectivity index (χ0n) is 5.61. The summed E-state index contributed by atoms with van der Waals surface area (Å²) in [6.45, 7) is 0. The average molecular weight is 153 g/mol. The Kier molecular flexibility index (Phi) is 1.67. The highest BCUT2D eigenvalue weighted by Gasteiger charge is 2.20. The van der Waals surface area contributed by atoms with Crippen LogP contribution < -0.4 is 11.5 Å². The fraction of sp³-hybridized carbons (Fsp3) is 0.200. The molecule has 1 rings (SSSR count). The molecule has 6 heteroatoms. The third-order valence-electron chi connectivity index (χ3n) is 1.21. The minimum absolute atomic E-state index is 0.0255. The van der Waals surface area contributed by atoms with Crippen molar-refractivity contribution in [2.45, 2.75) is 0 Å². The van der Waals surface area contributed by atoms with Crippen molar-refractivity contribution in [1.29, 1.82) is 5.41 Å². The Morgan fingerprint density at radius 3 is 2.82 bits per heavy atom. The lowest BCUT2D eigenvalue weighted by atomic mass is 10.1. The Morgan fingerprint density at radius 2 is 2.36 bits per heavy atom. The standard InChI is InChI=1S/C5H7N5O/c6-3-2(4(7)11)1-9-5(8)10-3/h1-2H,(H2,7,11)(H3,6,8,10)/t2-/m0/s1. The molecule has 0 aromatic heterocycles. The van der Waals surface area contributed by atoms with Crippen molar-refractivity contribution < 1.29 is 4.79 Å². The topological polar surface area (TPSA) is 118 Å². The van der Waals surface area contributed by atoms with E-state index in [9.17, 15) is 4.79 Å². The zero-order chi connectivity index (χ0) is 8.43. The van der Waals surface area contributed by atoms with E-state index in [1.54, 1.807) is 0 Å². The number of nitrogens with one attached hydrogen (secondary N) is 1. The molecule has 1 atom stereocenters. The summed E-state index contributed by atoms with van der Waals surface area (Å²) in [6, 6.07) is 0. The Labute approximate surface area is 62.5 Å². The van der Waals surface area contributed by atoms with Gasteiger partial charge in [0.1, 0.15) is 11.8 Å². The first-order valence-corrected chi connectivity index (χ1v) is 2.87. The fourth-order valence-electron chi connectivity index (χ4n) is 0.661. The molecule has 0 aromatic carbocycles. The van der Waals surface area contributed by atoms with Crippen LogP contribution in [0.15, 0.2) is 9.98 Å². The molecule has 0 unspecified atom stereocenters. The first-order chi connectivity index (χ1) is 5.11. The van der Waals surface area contributed by atoms with E-state index in [4.69, 9.17) is 16.9 Å². The predicted octanol–water partition coefficient (Wildman–Crippen LogP) is -1.54. The third kappa shape index (κ3) is 1.40. The molecule has 0 saturated heterocycles. The number of aliphatic imine (C=N–C) groups is 2. The highest BCUT2D eigenvalue weighted by molar-refractivity contribution is 6.20. The normalized spacial score (nSPS) is 23.1. The summed E-state index contributed by atoms with van der Waals surface area (Å²) in [5.41, 5.74) is 10.2. The second kappa shape index (κ2) is 2.49. The molecule has 1 aliphatic heterocycles. The summed E-state index contributed by atoms with van der Waals surface area (Å²) >= 11 is 0. The van der Waals surface area contributed by atoms with Gasteiger partial charge in [0.25, 0.3) is 0 Å². The molecule has 58 valence electrons. The quantitative estimate of drug-likeness (QED) is 0.423. The number of carbonyl (C=O) groups is 1. The summed E-state index contributed by atoms with van der Waals surface area (Å²) in [6.07, 6.45) is 1.22. The molecule has 0 fully saturated rings. The van der Waals surface area contributed by atoms with Gasteiger partial charge in [0.05, 0.1) is 0 Å². The van der Waals surface area contributed by atoms with Crippen LogP contribution in [0.4, 0.5) is 0 Å². The summed E-state index contributed by atoms with van der Waals surface area (Å²) in [5, 5.41) is 6.93. The molecule has 0 radical (unpaired) electrons. The Bertz CT molecular complexity index is 266. The summed E-state index contributed by atoms with van der Waals surface area (Å²) < 4.78 is 0. The second-order valence-electron chi connectivity index (χ2n) is 2.02. The Balaban J connectivity index is 2.88. The van der Waals surface area contributed by atoms with Crippen LogP contribution in [-0.4, -0.2) is 23.9 Å². The van der Waals surface area contributed by atoms with Gasteiger partial charge >= 0.3 is 0 Å². The number of amidine groups is 1. The van der Waals surface area contributed by atoms with Crippen LogP contribution in [-0.2, 0) is 4.79 Å². The minimum atomic E-state index is -0.760. The highest BCUT2D eigenvalue weighted by Crippen LogP contribution is 1.98. The highest BCUT2D eigenvalue weighted by atomic mass is 16.1. The van der Waals surface area contributed by atoms with Gasteiger partial charge in [-0.15, -0.1) is 0 Å². The molecule has 0 aliphatic carbocycles. The molecule has 1 heterocycles. The van der Waals surface area contributed by atoms with E-state index < -0.39 is 11.8 Å². The Morgan fingerprint density at radius 1 is 1.73 bits per heavy atom. The third-order valence-corrected chi connectivity index (χ3v) is 1.21. The van der Waals surface area contributed by atoms with Gasteiger partial charge in [-0.25, -0.2) is 4.99 Å². The van der Waals surface area contributed by atoms with E-state index in [-0.39, 0.29) is 11.8 Å². The SMILES string of the molecule is N=C1N=C[C@H](C(N)=O)C(N)=N1. The van der Waals surface area contributed by atoms with Crippen molar-refractivity contribution in [2.75, 3.05) is 0 Å². The van der Waals surface area contributed by atoms with Crippen molar-refractivity contribution in [2.24, 2.45) is 27.4 Å². The van der Waals surface area contributed by atoms with E-state index in [1.165, 1.54) is 6.21 Å². The number of hydrogen-bond donors (Lipinski definition) is 3. The lowest BCUT2D eigenvalue weighted by Gasteiger charge is -2.09. The number of primary amides is 1. The molecule has 6 nitrogen and oxygen atoms in total. The van der Waals surface area contributed by atoms with Gasteiger partial charge < -0.3 is 11.5 Å².